The minimum absolute atomic E-state index is 0.0334. The Labute approximate surface area is 189 Å². The van der Waals surface area contributed by atoms with E-state index in [2.05, 4.69) is 0 Å². The van der Waals surface area contributed by atoms with Crippen molar-refractivity contribution in [2.75, 3.05) is 13.7 Å². The number of fused-ring (bicyclic) bond motifs is 2. The van der Waals surface area contributed by atoms with Crippen molar-refractivity contribution in [3.63, 3.8) is 0 Å². The number of phenols is 3. The fraction of sp³-hybridized carbons (Fsp3) is 0.240. The molecule has 33 heavy (non-hydrogen) atoms. The summed E-state index contributed by atoms with van der Waals surface area (Å²) in [5, 5.41) is 29.8. The third-order valence-electron chi connectivity index (χ3n) is 5.97. The average molecular weight is 450 g/mol. The van der Waals surface area contributed by atoms with E-state index >= 15 is 0 Å². The van der Waals surface area contributed by atoms with Crippen molar-refractivity contribution in [1.82, 2.24) is 0 Å². The third-order valence-corrected chi connectivity index (χ3v) is 5.97. The Morgan fingerprint density at radius 3 is 2.45 bits per heavy atom. The number of phenolic OH excluding ortho intramolecular Hbond substituents is 3. The van der Waals surface area contributed by atoms with E-state index in [-0.39, 0.29) is 41.0 Å². The second-order valence-electron chi connectivity index (χ2n) is 8.08. The Kier molecular flexibility index (Phi) is 4.92. The van der Waals surface area contributed by atoms with Gasteiger partial charge in [-0.3, -0.25) is 4.79 Å². The highest BCUT2D eigenvalue weighted by atomic mass is 16.6. The second-order valence-corrected chi connectivity index (χ2v) is 8.08. The van der Waals surface area contributed by atoms with E-state index in [0.29, 0.717) is 22.8 Å². The summed E-state index contributed by atoms with van der Waals surface area (Å²) in [6.07, 6.45) is -1.07. The number of hydrogen-bond acceptors (Lipinski definition) is 8. The summed E-state index contributed by atoms with van der Waals surface area (Å²) >= 11 is 0. The van der Waals surface area contributed by atoms with Crippen molar-refractivity contribution < 1.29 is 39.1 Å². The Bertz CT molecular complexity index is 1250. The van der Waals surface area contributed by atoms with Gasteiger partial charge >= 0.3 is 0 Å². The molecule has 8 nitrogen and oxygen atoms in total. The molecule has 0 saturated carbocycles. The number of ketones is 1. The van der Waals surface area contributed by atoms with E-state index in [1.807, 2.05) is 0 Å². The molecule has 5 rings (SSSR count). The summed E-state index contributed by atoms with van der Waals surface area (Å²) < 4.78 is 23.3. The highest BCUT2D eigenvalue weighted by molar-refractivity contribution is 6.04. The van der Waals surface area contributed by atoms with Gasteiger partial charge in [-0.05, 0) is 35.4 Å². The highest BCUT2D eigenvalue weighted by Crippen LogP contribution is 2.46. The van der Waals surface area contributed by atoms with Gasteiger partial charge in [0.15, 0.2) is 34.9 Å². The molecule has 0 radical (unpaired) electrons. The number of aromatic hydroxyl groups is 3. The summed E-state index contributed by atoms with van der Waals surface area (Å²) in [7, 11) is 1.48. The van der Waals surface area contributed by atoms with Gasteiger partial charge in [-0.15, -0.1) is 0 Å². The number of Topliss-reactive ketones (excluding diaryl/α,β-unsaturated/α-hetero) is 1. The molecule has 8 heteroatoms. The zero-order valence-electron chi connectivity index (χ0n) is 17.9. The number of carbonyl (C=O) groups is 1. The van der Waals surface area contributed by atoms with E-state index in [1.54, 1.807) is 37.3 Å². The number of hydrogen-bond donors (Lipinski definition) is 3. The fourth-order valence-electron chi connectivity index (χ4n) is 4.21. The quantitative estimate of drug-likeness (QED) is 0.542. The molecule has 0 saturated heterocycles. The van der Waals surface area contributed by atoms with Crippen LogP contribution in [0.5, 0.6) is 40.2 Å². The lowest BCUT2D eigenvalue weighted by molar-refractivity contribution is 0.0676. The van der Waals surface area contributed by atoms with Crippen LogP contribution < -0.4 is 18.9 Å². The number of methoxy groups -OCH3 is 1. The minimum Gasteiger partial charge on any atom is -0.508 e. The smallest absolute Gasteiger partial charge is 0.177 e. The minimum atomic E-state index is -0.644. The Balaban J connectivity index is 1.45. The number of benzene rings is 3. The van der Waals surface area contributed by atoms with Crippen LogP contribution in [-0.4, -0.2) is 34.8 Å². The van der Waals surface area contributed by atoms with E-state index in [9.17, 15) is 20.1 Å². The molecule has 0 fully saturated rings. The lowest BCUT2D eigenvalue weighted by atomic mass is 9.86. The van der Waals surface area contributed by atoms with E-state index < -0.39 is 18.1 Å². The SMILES string of the molecule is COc1cc([C@@H]2COc3ccc([C@@H]4Oc5cc(O)cc(O)c5C(=O)[C@@H]4C)cc3O2)ccc1O. The predicted molar refractivity (Wildman–Crippen MR) is 117 cm³/mol. The largest absolute Gasteiger partial charge is 0.508 e. The Hall–Kier alpha value is -4.07. The van der Waals surface area contributed by atoms with E-state index in [4.69, 9.17) is 18.9 Å². The van der Waals surface area contributed by atoms with Crippen LogP contribution in [0.4, 0.5) is 0 Å². The lowest BCUT2D eigenvalue weighted by Crippen LogP contribution is -2.30. The summed E-state index contributed by atoms with van der Waals surface area (Å²) in [5.74, 6) is 0.195. The maximum absolute atomic E-state index is 12.9. The standard InChI is InChI=1S/C25H22O8/c1-12-24(29)23-17(28)9-15(26)10-21(23)33-25(12)14-4-6-18-20(8-14)32-22(11-31-18)13-3-5-16(27)19(7-13)30-2/h3-10,12,22,25-28H,11H2,1-2H3/t12-,22-,25+/m0/s1. The number of carbonyl (C=O) groups excluding carboxylic acids is 1. The molecule has 2 aliphatic rings. The van der Waals surface area contributed by atoms with Gasteiger partial charge in [0.1, 0.15) is 35.5 Å². The molecule has 0 aromatic heterocycles. The summed E-state index contributed by atoms with van der Waals surface area (Å²) in [6, 6.07) is 12.7. The first kappa shape index (κ1) is 20.8. The van der Waals surface area contributed by atoms with Crippen molar-refractivity contribution >= 4 is 5.78 Å². The monoisotopic (exact) mass is 450 g/mol. The molecule has 170 valence electrons. The van der Waals surface area contributed by atoms with Crippen LogP contribution >= 0.6 is 0 Å². The van der Waals surface area contributed by atoms with Crippen molar-refractivity contribution in [2.24, 2.45) is 5.92 Å². The van der Waals surface area contributed by atoms with Crippen LogP contribution in [-0.2, 0) is 0 Å². The molecule has 3 aromatic rings. The molecule has 0 aliphatic carbocycles. The first-order valence-electron chi connectivity index (χ1n) is 10.4. The fourth-order valence-corrected chi connectivity index (χ4v) is 4.21. The normalized spacial score (nSPS) is 21.2. The predicted octanol–water partition coefficient (Wildman–Crippen LogP) is 4.28. The van der Waals surface area contributed by atoms with Gasteiger partial charge in [0.2, 0.25) is 0 Å². The number of rotatable bonds is 3. The van der Waals surface area contributed by atoms with Gasteiger partial charge in [-0.25, -0.2) is 0 Å². The molecular weight excluding hydrogens is 428 g/mol. The summed E-state index contributed by atoms with van der Waals surface area (Å²) in [5.41, 5.74) is 1.53. The van der Waals surface area contributed by atoms with Gasteiger partial charge in [0.25, 0.3) is 0 Å². The molecule has 3 aromatic carbocycles. The third kappa shape index (κ3) is 3.53. The molecule has 3 N–H and O–H groups in total. The molecule has 0 amide bonds. The molecule has 2 heterocycles. The van der Waals surface area contributed by atoms with Gasteiger partial charge in [-0.2, -0.15) is 0 Å². The van der Waals surface area contributed by atoms with Crippen molar-refractivity contribution in [1.29, 1.82) is 0 Å². The van der Waals surface area contributed by atoms with Crippen LogP contribution in [0.2, 0.25) is 0 Å². The Morgan fingerprint density at radius 1 is 0.879 bits per heavy atom. The van der Waals surface area contributed by atoms with Crippen LogP contribution in [0.3, 0.4) is 0 Å². The Morgan fingerprint density at radius 2 is 1.67 bits per heavy atom. The lowest BCUT2D eigenvalue weighted by Gasteiger charge is -2.32. The van der Waals surface area contributed by atoms with Crippen LogP contribution in [0.25, 0.3) is 0 Å². The summed E-state index contributed by atoms with van der Waals surface area (Å²) in [6.45, 7) is 2.01. The van der Waals surface area contributed by atoms with Crippen LogP contribution in [0.1, 0.15) is 40.6 Å². The molecular formula is C25H22O8. The first-order valence-corrected chi connectivity index (χ1v) is 10.4. The average Bonchev–Trinajstić information content (AvgIpc) is 2.80. The van der Waals surface area contributed by atoms with Crippen molar-refractivity contribution in [3.05, 3.63) is 65.2 Å². The van der Waals surface area contributed by atoms with Gasteiger partial charge < -0.3 is 34.3 Å². The van der Waals surface area contributed by atoms with Gasteiger partial charge in [0.05, 0.1) is 13.0 Å². The highest BCUT2D eigenvalue weighted by Gasteiger charge is 2.38. The number of ether oxygens (including phenoxy) is 4. The molecule has 2 aliphatic heterocycles. The maximum Gasteiger partial charge on any atom is 0.177 e. The molecule has 3 atom stereocenters. The van der Waals surface area contributed by atoms with Crippen molar-refractivity contribution in [3.8, 4) is 40.2 Å². The van der Waals surface area contributed by atoms with Crippen LogP contribution in [0.15, 0.2) is 48.5 Å². The molecule has 0 unspecified atom stereocenters. The summed E-state index contributed by atoms with van der Waals surface area (Å²) in [4.78, 5) is 12.9. The van der Waals surface area contributed by atoms with Gasteiger partial charge in [0, 0.05) is 12.1 Å². The van der Waals surface area contributed by atoms with E-state index in [1.165, 1.54) is 19.2 Å². The van der Waals surface area contributed by atoms with Crippen molar-refractivity contribution in [2.45, 2.75) is 19.1 Å². The zero-order chi connectivity index (χ0) is 23.3. The first-order chi connectivity index (χ1) is 15.9. The van der Waals surface area contributed by atoms with E-state index in [0.717, 1.165) is 11.6 Å². The maximum atomic E-state index is 12.9. The topological polar surface area (TPSA) is 115 Å². The zero-order valence-corrected chi connectivity index (χ0v) is 17.9. The molecule has 0 bridgehead atoms. The van der Waals surface area contributed by atoms with Gasteiger partial charge in [-0.1, -0.05) is 19.1 Å². The van der Waals surface area contributed by atoms with Crippen LogP contribution in [0, 0.1) is 5.92 Å². The second kappa shape index (κ2) is 7.81. The molecule has 0 spiro atoms.